The lowest BCUT2D eigenvalue weighted by molar-refractivity contribution is -0.138. The molecule has 4 heteroatoms. The van der Waals surface area contributed by atoms with Crippen LogP contribution in [0.1, 0.15) is 20.8 Å². The molecule has 0 fully saturated rings. The van der Waals surface area contributed by atoms with E-state index in [0.29, 0.717) is 0 Å². The van der Waals surface area contributed by atoms with Gasteiger partial charge in [0.05, 0.1) is 0 Å². The summed E-state index contributed by atoms with van der Waals surface area (Å²) >= 11 is 0. The van der Waals surface area contributed by atoms with Gasteiger partial charge in [0.1, 0.15) is 6.04 Å². The summed E-state index contributed by atoms with van der Waals surface area (Å²) in [4.78, 5) is 9.57. The number of hydrogen-bond acceptors (Lipinski definition) is 3. The lowest BCUT2D eigenvalue weighted by atomic mass is 10.4. The van der Waals surface area contributed by atoms with Crippen molar-refractivity contribution in [2.75, 3.05) is 13.1 Å². The fourth-order valence-corrected chi connectivity index (χ4v) is 0.250. The van der Waals surface area contributed by atoms with E-state index < -0.39 is 12.0 Å². The molecule has 0 aliphatic carbocycles. The van der Waals surface area contributed by atoms with E-state index in [1.54, 1.807) is 0 Å². The molecule has 4 N–H and O–H groups in total. The Balaban J connectivity index is 0. The minimum absolute atomic E-state index is 0.731. The second-order valence-electron chi connectivity index (χ2n) is 2.08. The average Bonchev–Trinajstić information content (AvgIpc) is 1.90. The van der Waals surface area contributed by atoms with E-state index in [1.807, 2.05) is 0 Å². The van der Waals surface area contributed by atoms with Crippen molar-refractivity contribution in [2.24, 2.45) is 5.73 Å². The Bertz CT molecular complexity index is 92.4. The predicted molar refractivity (Wildman–Crippen MR) is 45.5 cm³/mol. The molecule has 0 bridgehead atoms. The average molecular weight is 162 g/mol. The molecule has 0 spiro atoms. The maximum atomic E-state index is 9.57. The molecule has 0 saturated carbocycles. The van der Waals surface area contributed by atoms with Crippen molar-refractivity contribution in [3.8, 4) is 0 Å². The van der Waals surface area contributed by atoms with Gasteiger partial charge in [0, 0.05) is 0 Å². The number of nitrogens with one attached hydrogen (secondary N) is 1. The minimum atomic E-state index is -0.963. The molecule has 0 aliphatic rings. The molecule has 68 valence electrons. The Morgan fingerprint density at radius 1 is 1.55 bits per heavy atom. The quantitative estimate of drug-likeness (QED) is 0.547. The summed E-state index contributed by atoms with van der Waals surface area (Å²) in [6, 6.07) is -0.731. The van der Waals surface area contributed by atoms with Crippen LogP contribution < -0.4 is 11.1 Å². The van der Waals surface area contributed by atoms with Crippen LogP contribution in [-0.4, -0.2) is 30.2 Å². The third kappa shape index (κ3) is 17.7. The first kappa shape index (κ1) is 13.0. The van der Waals surface area contributed by atoms with Crippen molar-refractivity contribution in [1.29, 1.82) is 0 Å². The molecule has 4 nitrogen and oxygen atoms in total. The highest BCUT2D eigenvalue weighted by molar-refractivity contribution is 5.72. The summed E-state index contributed by atoms with van der Waals surface area (Å²) in [6.45, 7) is 7.81. The van der Waals surface area contributed by atoms with Gasteiger partial charge >= 0.3 is 5.97 Å². The van der Waals surface area contributed by atoms with Crippen LogP contribution in [0.15, 0.2) is 0 Å². The fraction of sp³-hybridized carbons (Fsp3) is 0.857. The van der Waals surface area contributed by atoms with Crippen molar-refractivity contribution in [1.82, 2.24) is 5.32 Å². The molecule has 0 aromatic heterocycles. The molecular formula is C7H18N2O2. The highest BCUT2D eigenvalue weighted by atomic mass is 16.4. The first-order valence-electron chi connectivity index (χ1n) is 3.75. The molecule has 0 aromatic carbocycles. The Labute approximate surface area is 67.8 Å². The molecule has 0 rings (SSSR count). The van der Waals surface area contributed by atoms with Crippen LogP contribution >= 0.6 is 0 Å². The maximum absolute atomic E-state index is 9.57. The van der Waals surface area contributed by atoms with E-state index in [0.717, 1.165) is 13.1 Å². The third-order valence-corrected chi connectivity index (χ3v) is 0.890. The number of carbonyl (C=O) groups is 1. The van der Waals surface area contributed by atoms with Gasteiger partial charge in [-0.15, -0.1) is 0 Å². The summed E-state index contributed by atoms with van der Waals surface area (Å²) in [6.07, 6.45) is 0. The first-order valence-corrected chi connectivity index (χ1v) is 3.75. The van der Waals surface area contributed by atoms with Gasteiger partial charge in [0.2, 0.25) is 0 Å². The van der Waals surface area contributed by atoms with Crippen molar-refractivity contribution < 1.29 is 9.90 Å². The first-order chi connectivity index (χ1) is 5.06. The standard InChI is InChI=1S/C4H11N.C3H7NO2/c1-3-5-4-2;1-2(4)3(5)6/h5H,3-4H2,1-2H3;2H,4H2,1H3,(H,5,6)/t;2-/m.0/s1. The molecule has 0 unspecified atom stereocenters. The smallest absolute Gasteiger partial charge is 0.320 e. The van der Waals surface area contributed by atoms with Crippen molar-refractivity contribution in [3.05, 3.63) is 0 Å². The van der Waals surface area contributed by atoms with E-state index in [2.05, 4.69) is 19.2 Å². The van der Waals surface area contributed by atoms with Gasteiger partial charge in [-0.1, -0.05) is 13.8 Å². The molecule has 0 saturated heterocycles. The van der Waals surface area contributed by atoms with Crippen LogP contribution in [0.3, 0.4) is 0 Å². The van der Waals surface area contributed by atoms with Gasteiger partial charge in [0.15, 0.2) is 0 Å². The molecule has 0 aromatic rings. The van der Waals surface area contributed by atoms with Gasteiger partial charge in [-0.2, -0.15) is 0 Å². The Kier molecular flexibility index (Phi) is 11.1. The Hall–Kier alpha value is -0.610. The largest absolute Gasteiger partial charge is 0.480 e. The number of carboxylic acid groups (broad SMARTS) is 1. The summed E-state index contributed by atoms with van der Waals surface area (Å²) in [5.74, 6) is -0.963. The Morgan fingerprint density at radius 3 is 1.82 bits per heavy atom. The monoisotopic (exact) mass is 162 g/mol. The highest BCUT2D eigenvalue weighted by Gasteiger charge is 1.99. The summed E-state index contributed by atoms with van der Waals surface area (Å²) in [5.41, 5.74) is 4.84. The summed E-state index contributed by atoms with van der Waals surface area (Å²) in [7, 11) is 0. The Morgan fingerprint density at radius 2 is 1.82 bits per heavy atom. The summed E-state index contributed by atoms with van der Waals surface area (Å²) in [5, 5.41) is 11.0. The predicted octanol–water partition coefficient (Wildman–Crippen LogP) is 0.0340. The molecule has 0 radical (unpaired) electrons. The lowest BCUT2D eigenvalue weighted by Gasteiger charge is -1.90. The molecule has 0 heterocycles. The molecule has 11 heavy (non-hydrogen) atoms. The van der Waals surface area contributed by atoms with Gasteiger partial charge in [-0.3, -0.25) is 4.79 Å². The van der Waals surface area contributed by atoms with E-state index in [4.69, 9.17) is 10.8 Å². The van der Waals surface area contributed by atoms with Crippen molar-refractivity contribution in [2.45, 2.75) is 26.8 Å². The zero-order valence-corrected chi connectivity index (χ0v) is 7.42. The van der Waals surface area contributed by atoms with Crippen LogP contribution in [0.2, 0.25) is 0 Å². The van der Waals surface area contributed by atoms with Gasteiger partial charge < -0.3 is 16.2 Å². The van der Waals surface area contributed by atoms with Crippen LogP contribution in [0, 0.1) is 0 Å². The molecule has 0 amide bonds. The maximum Gasteiger partial charge on any atom is 0.320 e. The number of nitrogens with two attached hydrogens (primary N) is 1. The van der Waals surface area contributed by atoms with Crippen LogP contribution in [0.5, 0.6) is 0 Å². The SMILES string of the molecule is CCNCC.C[C@H](N)C(=O)O. The highest BCUT2D eigenvalue weighted by Crippen LogP contribution is 1.68. The number of rotatable bonds is 3. The van der Waals surface area contributed by atoms with Crippen LogP contribution in [0.25, 0.3) is 0 Å². The number of hydrogen-bond donors (Lipinski definition) is 3. The molecular weight excluding hydrogens is 144 g/mol. The lowest BCUT2D eigenvalue weighted by Crippen LogP contribution is -2.25. The topological polar surface area (TPSA) is 75.3 Å². The van der Waals surface area contributed by atoms with E-state index >= 15 is 0 Å². The summed E-state index contributed by atoms with van der Waals surface area (Å²) < 4.78 is 0. The van der Waals surface area contributed by atoms with E-state index in [9.17, 15) is 4.79 Å². The zero-order valence-electron chi connectivity index (χ0n) is 7.42. The van der Waals surface area contributed by atoms with Crippen LogP contribution in [-0.2, 0) is 4.79 Å². The normalized spacial score (nSPS) is 11.3. The van der Waals surface area contributed by atoms with Gasteiger partial charge in [0.25, 0.3) is 0 Å². The molecule has 0 aliphatic heterocycles. The number of carboxylic acids is 1. The van der Waals surface area contributed by atoms with Gasteiger partial charge in [-0.25, -0.2) is 0 Å². The minimum Gasteiger partial charge on any atom is -0.480 e. The second-order valence-corrected chi connectivity index (χ2v) is 2.08. The fourth-order valence-electron chi connectivity index (χ4n) is 0.250. The van der Waals surface area contributed by atoms with Gasteiger partial charge in [-0.05, 0) is 20.0 Å². The zero-order chi connectivity index (χ0) is 9.28. The van der Waals surface area contributed by atoms with E-state index in [-0.39, 0.29) is 0 Å². The molecule has 1 atom stereocenters. The number of aliphatic carboxylic acids is 1. The third-order valence-electron chi connectivity index (χ3n) is 0.890. The van der Waals surface area contributed by atoms with Crippen molar-refractivity contribution in [3.63, 3.8) is 0 Å². The van der Waals surface area contributed by atoms with Crippen molar-refractivity contribution >= 4 is 5.97 Å². The van der Waals surface area contributed by atoms with E-state index in [1.165, 1.54) is 6.92 Å². The second kappa shape index (κ2) is 9.39. The van der Waals surface area contributed by atoms with Crippen LogP contribution in [0.4, 0.5) is 0 Å².